The third-order valence-corrected chi connectivity index (χ3v) is 4.21. The van der Waals surface area contributed by atoms with Crippen molar-refractivity contribution in [2.75, 3.05) is 51.0 Å². The van der Waals surface area contributed by atoms with Crippen LogP contribution >= 0.6 is 0 Å². The largest absolute Gasteiger partial charge is 0.493 e. The zero-order valence-electron chi connectivity index (χ0n) is 17.2. The molecule has 8 nitrogen and oxygen atoms in total. The molecule has 0 fully saturated rings. The van der Waals surface area contributed by atoms with E-state index in [1.165, 1.54) is 0 Å². The molecule has 3 aromatic rings. The lowest BCUT2D eigenvalue weighted by atomic mass is 10.2. The van der Waals surface area contributed by atoms with Crippen LogP contribution < -0.4 is 29.7 Å². The van der Waals surface area contributed by atoms with E-state index < -0.39 is 0 Å². The van der Waals surface area contributed by atoms with Gasteiger partial charge in [-0.2, -0.15) is 4.98 Å². The van der Waals surface area contributed by atoms with Crippen molar-refractivity contribution < 1.29 is 14.2 Å². The molecule has 2 N–H and O–H groups in total. The van der Waals surface area contributed by atoms with Gasteiger partial charge in [0.15, 0.2) is 11.5 Å². The maximum absolute atomic E-state index is 5.39. The molecule has 0 radical (unpaired) electrons. The summed E-state index contributed by atoms with van der Waals surface area (Å²) in [6, 6.07) is 13.5. The van der Waals surface area contributed by atoms with Crippen molar-refractivity contribution in [2.45, 2.75) is 0 Å². The first kappa shape index (κ1) is 20.1. The second-order valence-corrected chi connectivity index (χ2v) is 6.37. The van der Waals surface area contributed by atoms with Gasteiger partial charge >= 0.3 is 0 Å². The molecule has 1 heterocycles. The van der Waals surface area contributed by atoms with Gasteiger partial charge in [0.25, 0.3) is 0 Å². The lowest BCUT2D eigenvalue weighted by Crippen LogP contribution is -2.08. The Morgan fingerprint density at radius 3 is 2.17 bits per heavy atom. The fraction of sp³-hybridized carbons (Fsp3) is 0.238. The molecule has 8 heteroatoms. The van der Waals surface area contributed by atoms with Gasteiger partial charge in [-0.15, -0.1) is 0 Å². The molecule has 0 saturated heterocycles. The molecule has 3 rings (SSSR count). The molecule has 29 heavy (non-hydrogen) atoms. The van der Waals surface area contributed by atoms with E-state index in [9.17, 15) is 0 Å². The fourth-order valence-corrected chi connectivity index (χ4v) is 2.78. The molecule has 0 bridgehead atoms. The topological polar surface area (TPSA) is 80.8 Å². The molecule has 0 spiro atoms. The number of aromatic nitrogens is 2. The summed E-state index contributed by atoms with van der Waals surface area (Å²) in [6.45, 7) is 0. The zero-order chi connectivity index (χ0) is 20.8. The highest BCUT2D eigenvalue weighted by Gasteiger charge is 2.14. The van der Waals surface area contributed by atoms with Crippen LogP contribution in [0.2, 0.25) is 0 Å². The van der Waals surface area contributed by atoms with E-state index >= 15 is 0 Å². The monoisotopic (exact) mass is 395 g/mol. The van der Waals surface area contributed by atoms with Crippen LogP contribution in [0.1, 0.15) is 0 Å². The van der Waals surface area contributed by atoms with E-state index in [4.69, 9.17) is 14.2 Å². The molecule has 0 amide bonds. The van der Waals surface area contributed by atoms with Crippen molar-refractivity contribution in [1.29, 1.82) is 0 Å². The number of ether oxygens (including phenoxy) is 3. The molecule has 0 aliphatic carbocycles. The van der Waals surface area contributed by atoms with Crippen LogP contribution in [0.25, 0.3) is 0 Å². The van der Waals surface area contributed by atoms with E-state index in [1.807, 2.05) is 43.3 Å². The Balaban J connectivity index is 1.82. The van der Waals surface area contributed by atoms with E-state index in [0.717, 1.165) is 11.4 Å². The van der Waals surface area contributed by atoms with Crippen LogP contribution in [0.5, 0.6) is 17.2 Å². The highest BCUT2D eigenvalue weighted by atomic mass is 16.5. The molecular weight excluding hydrogens is 370 g/mol. The molecule has 2 aromatic carbocycles. The fourth-order valence-electron chi connectivity index (χ4n) is 2.78. The van der Waals surface area contributed by atoms with Gasteiger partial charge in [0.2, 0.25) is 11.7 Å². The lowest BCUT2D eigenvalue weighted by molar-refractivity contribution is 0.324. The SMILES string of the molecule is COc1cc(Nc2nccc(Nc3cccc(N(C)C)c3)n2)cc(OC)c1OC. The van der Waals surface area contributed by atoms with Crippen LogP contribution in [0, 0.1) is 0 Å². The van der Waals surface area contributed by atoms with Crippen molar-refractivity contribution in [3.8, 4) is 17.2 Å². The molecule has 0 atom stereocenters. The quantitative estimate of drug-likeness (QED) is 0.591. The predicted molar refractivity (Wildman–Crippen MR) is 115 cm³/mol. The highest BCUT2D eigenvalue weighted by molar-refractivity contribution is 5.67. The van der Waals surface area contributed by atoms with Crippen molar-refractivity contribution >= 4 is 28.8 Å². The van der Waals surface area contributed by atoms with Gasteiger partial charge in [0.1, 0.15) is 5.82 Å². The number of hydrogen-bond acceptors (Lipinski definition) is 8. The Morgan fingerprint density at radius 2 is 1.55 bits per heavy atom. The highest BCUT2D eigenvalue weighted by Crippen LogP contribution is 2.40. The summed E-state index contributed by atoms with van der Waals surface area (Å²) in [4.78, 5) is 10.9. The van der Waals surface area contributed by atoms with Gasteiger partial charge in [-0.25, -0.2) is 4.98 Å². The van der Waals surface area contributed by atoms with Crippen LogP contribution in [-0.2, 0) is 0 Å². The summed E-state index contributed by atoms with van der Waals surface area (Å²) in [7, 11) is 8.72. The van der Waals surface area contributed by atoms with Crippen molar-refractivity contribution in [2.24, 2.45) is 0 Å². The average Bonchev–Trinajstić information content (AvgIpc) is 2.73. The van der Waals surface area contributed by atoms with Crippen molar-refractivity contribution in [3.63, 3.8) is 0 Å². The van der Waals surface area contributed by atoms with E-state index in [1.54, 1.807) is 39.7 Å². The average molecular weight is 395 g/mol. The predicted octanol–water partition coefficient (Wildman–Crippen LogP) is 4.06. The summed E-state index contributed by atoms with van der Waals surface area (Å²) in [5.74, 6) is 2.73. The minimum absolute atomic E-state index is 0.438. The Hall–Kier alpha value is -3.68. The maximum atomic E-state index is 5.39. The summed E-state index contributed by atoms with van der Waals surface area (Å²) in [6.07, 6.45) is 1.69. The van der Waals surface area contributed by atoms with Gasteiger partial charge in [-0.1, -0.05) is 6.07 Å². The summed E-state index contributed by atoms with van der Waals surface area (Å²) in [5, 5.41) is 6.48. The Labute approximate surface area is 170 Å². The lowest BCUT2D eigenvalue weighted by Gasteiger charge is -2.15. The molecular formula is C21H25N5O3. The number of methoxy groups -OCH3 is 3. The number of nitrogens with one attached hydrogen (secondary N) is 2. The number of rotatable bonds is 8. The van der Waals surface area contributed by atoms with Gasteiger partial charge in [0.05, 0.1) is 21.3 Å². The van der Waals surface area contributed by atoms with Crippen molar-refractivity contribution in [1.82, 2.24) is 9.97 Å². The Morgan fingerprint density at radius 1 is 0.828 bits per heavy atom. The number of nitrogens with zero attached hydrogens (tertiary/aromatic N) is 3. The van der Waals surface area contributed by atoms with E-state index in [-0.39, 0.29) is 0 Å². The second kappa shape index (κ2) is 9.01. The molecule has 0 aliphatic rings. The van der Waals surface area contributed by atoms with Crippen molar-refractivity contribution in [3.05, 3.63) is 48.7 Å². The molecule has 152 valence electrons. The first-order valence-electron chi connectivity index (χ1n) is 8.98. The number of anilines is 5. The second-order valence-electron chi connectivity index (χ2n) is 6.37. The zero-order valence-corrected chi connectivity index (χ0v) is 17.2. The van der Waals surface area contributed by atoms with Crippen LogP contribution in [0.15, 0.2) is 48.7 Å². The Kier molecular flexibility index (Phi) is 6.23. The smallest absolute Gasteiger partial charge is 0.229 e. The molecule has 0 aliphatic heterocycles. The first-order chi connectivity index (χ1) is 14.0. The van der Waals surface area contributed by atoms with Gasteiger partial charge < -0.3 is 29.7 Å². The van der Waals surface area contributed by atoms with Crippen LogP contribution in [0.3, 0.4) is 0 Å². The van der Waals surface area contributed by atoms with E-state index in [2.05, 4.69) is 26.7 Å². The van der Waals surface area contributed by atoms with Gasteiger partial charge in [0, 0.05) is 49.5 Å². The first-order valence-corrected chi connectivity index (χ1v) is 8.98. The summed E-state index contributed by atoms with van der Waals surface area (Å²) >= 11 is 0. The van der Waals surface area contributed by atoms with Crippen LogP contribution in [0.4, 0.5) is 28.8 Å². The van der Waals surface area contributed by atoms with E-state index in [0.29, 0.717) is 34.7 Å². The molecule has 0 saturated carbocycles. The third-order valence-electron chi connectivity index (χ3n) is 4.21. The third kappa shape index (κ3) is 4.78. The molecule has 0 unspecified atom stereocenters. The Bertz CT molecular complexity index is 953. The molecule has 1 aromatic heterocycles. The maximum Gasteiger partial charge on any atom is 0.229 e. The summed E-state index contributed by atoms with van der Waals surface area (Å²) in [5.41, 5.74) is 2.75. The van der Waals surface area contributed by atoms with Gasteiger partial charge in [-0.3, -0.25) is 0 Å². The normalized spacial score (nSPS) is 10.2. The minimum Gasteiger partial charge on any atom is -0.493 e. The van der Waals surface area contributed by atoms with Crippen LogP contribution in [-0.4, -0.2) is 45.4 Å². The number of hydrogen-bond donors (Lipinski definition) is 2. The summed E-state index contributed by atoms with van der Waals surface area (Å²) < 4.78 is 16.1. The number of benzene rings is 2. The van der Waals surface area contributed by atoms with Gasteiger partial charge in [-0.05, 0) is 24.3 Å². The standard InChI is InChI=1S/C21H25N5O3/c1-26(2)16-8-6-7-14(11-16)23-19-9-10-22-21(25-19)24-15-12-17(27-3)20(29-5)18(13-15)28-4/h6-13H,1-5H3,(H2,22,23,24,25). The minimum atomic E-state index is 0.438.